The van der Waals surface area contributed by atoms with Crippen molar-refractivity contribution in [3.05, 3.63) is 77.5 Å². The second-order valence-corrected chi connectivity index (χ2v) is 9.36. The number of nitrogens with zero attached hydrogens (tertiary/aromatic N) is 1. The van der Waals surface area contributed by atoms with Gasteiger partial charge in [-0.15, -0.1) is 0 Å². The summed E-state index contributed by atoms with van der Waals surface area (Å²) in [7, 11) is 1.77. The molecule has 0 saturated heterocycles. The van der Waals surface area contributed by atoms with Crippen LogP contribution in [-0.2, 0) is 6.54 Å². The number of ether oxygens (including phenoxy) is 1. The summed E-state index contributed by atoms with van der Waals surface area (Å²) in [6, 6.07) is 12.6. The van der Waals surface area contributed by atoms with Crippen LogP contribution in [-0.4, -0.2) is 53.7 Å². The highest BCUT2D eigenvalue weighted by atomic mass is 32.2. The number of benzene rings is 2. The summed E-state index contributed by atoms with van der Waals surface area (Å²) in [6.45, 7) is 9.75. The number of unbranched alkanes of at least 4 members (excludes halogenated alkanes) is 1. The number of aryl methyl sites for hydroxylation is 1. The van der Waals surface area contributed by atoms with Crippen LogP contribution in [0.15, 0.2) is 60.8 Å². The van der Waals surface area contributed by atoms with Gasteiger partial charge in [0.25, 0.3) is 0 Å². The van der Waals surface area contributed by atoms with Crippen LogP contribution >= 0.6 is 11.8 Å². The molecule has 0 aliphatic heterocycles. The molecule has 2 N–H and O–H groups in total. The lowest BCUT2D eigenvalue weighted by Crippen LogP contribution is -2.25. The molecule has 0 fully saturated rings. The fourth-order valence-corrected chi connectivity index (χ4v) is 3.83. The molecule has 0 amide bonds. The van der Waals surface area contributed by atoms with E-state index in [1.807, 2.05) is 18.7 Å². The van der Waals surface area contributed by atoms with E-state index in [4.69, 9.17) is 9.84 Å². The van der Waals surface area contributed by atoms with Crippen LogP contribution in [0.5, 0.6) is 5.75 Å². The summed E-state index contributed by atoms with van der Waals surface area (Å²) in [5.41, 5.74) is 4.09. The van der Waals surface area contributed by atoms with Crippen molar-refractivity contribution in [1.82, 2.24) is 9.88 Å². The SMILES string of the molecule is CCCC=CCCN(CCC)Cc1c(OC)cc(C)c2[nH]ccc12.CSC.O=C(O)c1ccccc1. The summed E-state index contributed by atoms with van der Waals surface area (Å²) in [6.07, 6.45) is 15.4. The average Bonchev–Trinajstić information content (AvgIpc) is 3.38. The van der Waals surface area contributed by atoms with Crippen LogP contribution in [0, 0.1) is 6.92 Å². The van der Waals surface area contributed by atoms with Crippen LogP contribution in [0.1, 0.15) is 61.0 Å². The third-order valence-corrected chi connectivity index (χ3v) is 5.51. The lowest BCUT2D eigenvalue weighted by Gasteiger charge is -2.23. The monoisotopic (exact) mass is 512 g/mol. The van der Waals surface area contributed by atoms with E-state index in [2.05, 4.69) is 54.9 Å². The minimum Gasteiger partial charge on any atom is -0.496 e. The number of carboxylic acid groups (broad SMARTS) is 1. The van der Waals surface area contributed by atoms with E-state index in [-0.39, 0.29) is 0 Å². The van der Waals surface area contributed by atoms with Crippen LogP contribution < -0.4 is 4.74 Å². The van der Waals surface area contributed by atoms with Crippen molar-refractivity contribution >= 4 is 28.6 Å². The van der Waals surface area contributed by atoms with Crippen molar-refractivity contribution in [1.29, 1.82) is 0 Å². The Balaban J connectivity index is 0.000000446. The van der Waals surface area contributed by atoms with E-state index < -0.39 is 5.97 Å². The summed E-state index contributed by atoms with van der Waals surface area (Å²) in [5, 5.41) is 9.67. The number of nitrogens with one attached hydrogen (secondary N) is 1. The Labute approximate surface area is 221 Å². The molecule has 1 aromatic heterocycles. The lowest BCUT2D eigenvalue weighted by atomic mass is 10.0. The Morgan fingerprint density at radius 1 is 1.06 bits per heavy atom. The number of hydrogen-bond acceptors (Lipinski definition) is 4. The Morgan fingerprint density at radius 2 is 1.72 bits per heavy atom. The molecule has 36 heavy (non-hydrogen) atoms. The van der Waals surface area contributed by atoms with Gasteiger partial charge in [0.15, 0.2) is 0 Å². The molecular weight excluding hydrogens is 468 g/mol. The molecule has 3 aromatic rings. The number of aromatic nitrogens is 1. The third-order valence-electron chi connectivity index (χ3n) is 5.51. The van der Waals surface area contributed by atoms with Gasteiger partial charge in [-0.25, -0.2) is 4.79 Å². The van der Waals surface area contributed by atoms with Gasteiger partial charge in [0.05, 0.1) is 12.7 Å². The van der Waals surface area contributed by atoms with Crippen molar-refractivity contribution < 1.29 is 14.6 Å². The zero-order chi connectivity index (χ0) is 26.8. The number of fused-ring (bicyclic) bond motifs is 1. The van der Waals surface area contributed by atoms with Gasteiger partial charge in [0.2, 0.25) is 0 Å². The molecule has 198 valence electrons. The number of hydrogen-bond donors (Lipinski definition) is 2. The van der Waals surface area contributed by atoms with Crippen LogP contribution in [0.25, 0.3) is 10.9 Å². The molecule has 0 atom stereocenters. The first-order valence-electron chi connectivity index (χ1n) is 12.6. The highest BCUT2D eigenvalue weighted by molar-refractivity contribution is 7.97. The molecule has 0 bridgehead atoms. The highest BCUT2D eigenvalue weighted by Crippen LogP contribution is 2.31. The molecule has 0 aliphatic rings. The van der Waals surface area contributed by atoms with Gasteiger partial charge in [-0.2, -0.15) is 11.8 Å². The van der Waals surface area contributed by atoms with Gasteiger partial charge >= 0.3 is 5.97 Å². The van der Waals surface area contributed by atoms with E-state index in [1.54, 1.807) is 49.2 Å². The predicted molar refractivity (Wildman–Crippen MR) is 157 cm³/mol. The quantitative estimate of drug-likeness (QED) is 0.257. The maximum absolute atomic E-state index is 10.2. The smallest absolute Gasteiger partial charge is 0.335 e. The second kappa shape index (κ2) is 18.6. The van der Waals surface area contributed by atoms with Gasteiger partial charge in [0, 0.05) is 35.8 Å². The first-order valence-corrected chi connectivity index (χ1v) is 14.3. The lowest BCUT2D eigenvalue weighted by molar-refractivity contribution is 0.0697. The molecule has 0 radical (unpaired) electrons. The van der Waals surface area contributed by atoms with Gasteiger partial charge in [-0.3, -0.25) is 4.90 Å². The van der Waals surface area contributed by atoms with E-state index in [9.17, 15) is 4.79 Å². The number of aromatic carboxylic acids is 1. The first kappa shape index (κ1) is 31.3. The Kier molecular flexibility index (Phi) is 16.1. The summed E-state index contributed by atoms with van der Waals surface area (Å²) in [5.74, 6) is 0.123. The molecule has 2 aromatic carbocycles. The van der Waals surface area contributed by atoms with E-state index in [1.165, 1.54) is 41.3 Å². The Bertz CT molecular complexity index is 1030. The maximum Gasteiger partial charge on any atom is 0.335 e. The molecule has 6 heteroatoms. The summed E-state index contributed by atoms with van der Waals surface area (Å²) < 4.78 is 5.69. The fourth-order valence-electron chi connectivity index (χ4n) is 3.83. The number of aromatic amines is 1. The van der Waals surface area contributed by atoms with Gasteiger partial charge in [-0.05, 0) is 75.1 Å². The number of methoxy groups -OCH3 is 1. The minimum atomic E-state index is -0.879. The molecule has 0 unspecified atom stereocenters. The van der Waals surface area contributed by atoms with Gasteiger partial charge in [0.1, 0.15) is 5.75 Å². The Hall–Kier alpha value is -2.70. The zero-order valence-corrected chi connectivity index (χ0v) is 23.7. The molecule has 0 spiro atoms. The number of allylic oxidation sites excluding steroid dienone is 1. The average molecular weight is 513 g/mol. The fraction of sp³-hybridized carbons (Fsp3) is 0.433. The number of thioether (sulfide) groups is 1. The summed E-state index contributed by atoms with van der Waals surface area (Å²) >= 11 is 1.75. The number of H-pyrrole nitrogens is 1. The second-order valence-electron chi connectivity index (χ2n) is 8.54. The number of rotatable bonds is 11. The minimum absolute atomic E-state index is 0.331. The van der Waals surface area contributed by atoms with Crippen LogP contribution in [0.2, 0.25) is 0 Å². The third kappa shape index (κ3) is 10.9. The molecule has 1 heterocycles. The van der Waals surface area contributed by atoms with Crippen molar-refractivity contribution in [2.45, 2.75) is 53.0 Å². The van der Waals surface area contributed by atoms with Crippen molar-refractivity contribution in [3.8, 4) is 5.75 Å². The predicted octanol–water partition coefficient (Wildman–Crippen LogP) is 7.81. The van der Waals surface area contributed by atoms with E-state index >= 15 is 0 Å². The zero-order valence-electron chi connectivity index (χ0n) is 22.8. The maximum atomic E-state index is 10.2. The number of carboxylic acids is 1. The molecular formula is C30H44N2O3S. The topological polar surface area (TPSA) is 65.6 Å². The van der Waals surface area contributed by atoms with E-state index in [0.717, 1.165) is 31.8 Å². The van der Waals surface area contributed by atoms with Crippen LogP contribution in [0.4, 0.5) is 0 Å². The molecule has 0 aliphatic carbocycles. The largest absolute Gasteiger partial charge is 0.496 e. The first-order chi connectivity index (χ1) is 17.4. The Morgan fingerprint density at radius 3 is 2.28 bits per heavy atom. The summed E-state index contributed by atoms with van der Waals surface area (Å²) in [4.78, 5) is 16.1. The van der Waals surface area contributed by atoms with E-state index in [0.29, 0.717) is 5.56 Å². The van der Waals surface area contributed by atoms with Crippen molar-refractivity contribution in [2.24, 2.45) is 0 Å². The van der Waals surface area contributed by atoms with Crippen molar-refractivity contribution in [3.63, 3.8) is 0 Å². The molecule has 0 saturated carbocycles. The number of carbonyl (C=O) groups is 1. The normalized spacial score (nSPS) is 10.6. The standard InChI is InChI=1S/C21H32N2O.C7H6O2.C2H6S/c1-5-7-8-9-10-14-23(13-6-2)16-19-18-11-12-22-21(18)17(3)15-20(19)24-4;8-7(9)6-4-2-1-3-5-6;1-3-2/h8-9,11-12,15,22H,5-7,10,13-14,16H2,1-4H3;1-5H,(H,8,9);1-2H3. The molecule has 3 rings (SSSR count). The van der Waals surface area contributed by atoms with Gasteiger partial charge in [-0.1, -0.05) is 50.6 Å². The van der Waals surface area contributed by atoms with Crippen LogP contribution in [0.3, 0.4) is 0 Å². The van der Waals surface area contributed by atoms with Crippen molar-refractivity contribution in [2.75, 3.05) is 32.7 Å². The van der Waals surface area contributed by atoms with Gasteiger partial charge < -0.3 is 14.8 Å². The highest BCUT2D eigenvalue weighted by Gasteiger charge is 2.15. The molecule has 5 nitrogen and oxygen atoms in total.